The Bertz CT molecular complexity index is 722. The van der Waals surface area contributed by atoms with Gasteiger partial charge in [0.25, 0.3) is 0 Å². The van der Waals surface area contributed by atoms with Crippen LogP contribution < -0.4 is 0 Å². The molecule has 1 unspecified atom stereocenters. The lowest BCUT2D eigenvalue weighted by atomic mass is 10.2. The van der Waals surface area contributed by atoms with E-state index in [0.29, 0.717) is 11.3 Å². The molecule has 90 valence electrons. The van der Waals surface area contributed by atoms with Crippen molar-refractivity contribution in [2.24, 2.45) is 0 Å². The highest BCUT2D eigenvalue weighted by Crippen LogP contribution is 2.25. The number of para-hydroxylation sites is 1. The molecule has 0 aliphatic carbocycles. The van der Waals surface area contributed by atoms with Gasteiger partial charge < -0.3 is 9.72 Å². The second-order valence-electron chi connectivity index (χ2n) is 4.23. The third-order valence-corrected chi connectivity index (χ3v) is 3.87. The molecule has 0 bridgehead atoms. The van der Waals surface area contributed by atoms with Crippen LogP contribution in [0.1, 0.15) is 0 Å². The van der Waals surface area contributed by atoms with Crippen molar-refractivity contribution in [1.82, 2.24) is 20.2 Å². The zero-order chi connectivity index (χ0) is 11.9. The van der Waals surface area contributed by atoms with Crippen LogP contribution in [0.2, 0.25) is 0 Å². The number of hydrogen-bond donors (Lipinski definition) is 1. The number of aromatic amines is 1. The lowest BCUT2D eigenvalue weighted by Gasteiger charge is -1.95. The minimum Gasteiger partial charge on any atom is -0.372 e. The quantitative estimate of drug-likeness (QED) is 0.575. The molecule has 1 fully saturated rings. The van der Waals surface area contributed by atoms with E-state index in [1.807, 2.05) is 24.3 Å². The summed E-state index contributed by atoms with van der Waals surface area (Å²) in [6, 6.07) is 8.02. The molecule has 1 aromatic carbocycles. The van der Waals surface area contributed by atoms with Gasteiger partial charge in [-0.15, -0.1) is 10.2 Å². The summed E-state index contributed by atoms with van der Waals surface area (Å²) in [6.07, 6.45) is 0.372. The Morgan fingerprint density at radius 3 is 3.11 bits per heavy atom. The monoisotopic (exact) mass is 258 g/mol. The van der Waals surface area contributed by atoms with Crippen LogP contribution in [0.3, 0.4) is 0 Å². The third kappa shape index (κ3) is 1.74. The number of nitrogens with one attached hydrogen (secondary N) is 1. The Hall–Kier alpha value is -1.66. The molecule has 0 amide bonds. The number of aromatic nitrogens is 4. The maximum absolute atomic E-state index is 5.16. The van der Waals surface area contributed by atoms with Gasteiger partial charge in [0.1, 0.15) is 5.52 Å². The van der Waals surface area contributed by atoms with Crippen molar-refractivity contribution in [2.45, 2.75) is 11.3 Å². The smallest absolute Gasteiger partial charge is 0.211 e. The second kappa shape index (κ2) is 3.93. The number of epoxide rings is 1. The van der Waals surface area contributed by atoms with Gasteiger partial charge in [-0.25, -0.2) is 4.98 Å². The first kappa shape index (κ1) is 10.3. The molecule has 1 N–H and O–H groups in total. The topological polar surface area (TPSA) is 67.0 Å². The van der Waals surface area contributed by atoms with E-state index in [9.17, 15) is 0 Å². The fraction of sp³-hybridized carbons (Fsp3) is 0.250. The van der Waals surface area contributed by atoms with Crippen molar-refractivity contribution in [3.05, 3.63) is 24.3 Å². The molecule has 3 heterocycles. The number of H-pyrrole nitrogens is 1. The van der Waals surface area contributed by atoms with Crippen molar-refractivity contribution in [2.75, 3.05) is 12.4 Å². The largest absolute Gasteiger partial charge is 0.372 e. The van der Waals surface area contributed by atoms with E-state index in [1.54, 1.807) is 11.8 Å². The number of rotatable bonds is 3. The van der Waals surface area contributed by atoms with Crippen LogP contribution in [0.25, 0.3) is 22.1 Å². The maximum Gasteiger partial charge on any atom is 0.211 e. The van der Waals surface area contributed by atoms with E-state index >= 15 is 0 Å². The van der Waals surface area contributed by atoms with Crippen molar-refractivity contribution in [3.8, 4) is 0 Å². The predicted octanol–water partition coefficient (Wildman–Crippen LogP) is 2.00. The van der Waals surface area contributed by atoms with Crippen LogP contribution in [-0.2, 0) is 4.74 Å². The zero-order valence-electron chi connectivity index (χ0n) is 9.46. The predicted molar refractivity (Wildman–Crippen MR) is 69.7 cm³/mol. The minimum atomic E-state index is 0.372. The standard InChI is InChI=1S/C12H10N4OS/c1-2-4-9-8(3-1)10-11(13-9)14-12(16-15-10)18-6-7-5-17-7/h1-4,7H,5-6H2,(H,13,14,16). The number of hydrogen-bond acceptors (Lipinski definition) is 5. The van der Waals surface area contributed by atoms with Gasteiger partial charge in [0.15, 0.2) is 5.65 Å². The summed E-state index contributed by atoms with van der Waals surface area (Å²) in [7, 11) is 0. The summed E-state index contributed by atoms with van der Waals surface area (Å²) in [5.74, 6) is 0.896. The Kier molecular flexibility index (Phi) is 2.24. The van der Waals surface area contributed by atoms with E-state index in [-0.39, 0.29) is 0 Å². The van der Waals surface area contributed by atoms with Crippen LogP contribution in [0.5, 0.6) is 0 Å². The van der Waals surface area contributed by atoms with E-state index in [1.165, 1.54) is 0 Å². The summed E-state index contributed by atoms with van der Waals surface area (Å²) >= 11 is 1.59. The molecule has 0 spiro atoms. The van der Waals surface area contributed by atoms with Gasteiger partial charge in [0.05, 0.1) is 12.7 Å². The molecule has 1 saturated heterocycles. The van der Waals surface area contributed by atoms with Gasteiger partial charge in [-0.05, 0) is 6.07 Å². The van der Waals surface area contributed by atoms with Gasteiger partial charge in [-0.1, -0.05) is 30.0 Å². The summed E-state index contributed by atoms with van der Waals surface area (Å²) in [4.78, 5) is 7.75. The highest BCUT2D eigenvalue weighted by atomic mass is 32.2. The summed E-state index contributed by atoms with van der Waals surface area (Å²) in [5, 5.41) is 10.2. The van der Waals surface area contributed by atoms with E-state index < -0.39 is 0 Å². The molecular weight excluding hydrogens is 248 g/mol. The van der Waals surface area contributed by atoms with Gasteiger partial charge in [0, 0.05) is 16.7 Å². The van der Waals surface area contributed by atoms with E-state index in [4.69, 9.17) is 4.74 Å². The maximum atomic E-state index is 5.16. The van der Waals surface area contributed by atoms with Gasteiger partial charge in [-0.3, -0.25) is 0 Å². The number of benzene rings is 1. The Morgan fingerprint density at radius 1 is 1.33 bits per heavy atom. The lowest BCUT2D eigenvalue weighted by Crippen LogP contribution is -1.95. The first-order chi connectivity index (χ1) is 8.90. The molecule has 18 heavy (non-hydrogen) atoms. The van der Waals surface area contributed by atoms with Crippen molar-refractivity contribution >= 4 is 33.8 Å². The average molecular weight is 258 g/mol. The van der Waals surface area contributed by atoms with Gasteiger partial charge in [-0.2, -0.15) is 0 Å². The SMILES string of the molecule is c1ccc2c(c1)[nH]c1nc(SCC3CO3)nnc12. The third-order valence-electron chi connectivity index (χ3n) is 2.90. The average Bonchev–Trinajstić information content (AvgIpc) is 3.16. The molecule has 0 saturated carbocycles. The van der Waals surface area contributed by atoms with Crippen molar-refractivity contribution < 1.29 is 4.74 Å². The molecule has 5 nitrogen and oxygen atoms in total. The summed E-state index contributed by atoms with van der Waals surface area (Å²) < 4.78 is 5.16. The van der Waals surface area contributed by atoms with Crippen molar-refractivity contribution in [1.29, 1.82) is 0 Å². The Labute approximate surface area is 107 Å². The van der Waals surface area contributed by atoms with Gasteiger partial charge >= 0.3 is 0 Å². The Balaban J connectivity index is 1.76. The minimum absolute atomic E-state index is 0.372. The first-order valence-electron chi connectivity index (χ1n) is 5.76. The lowest BCUT2D eigenvalue weighted by molar-refractivity contribution is 0.426. The number of nitrogens with zero attached hydrogens (tertiary/aromatic N) is 3. The highest BCUT2D eigenvalue weighted by Gasteiger charge is 2.23. The number of ether oxygens (including phenoxy) is 1. The van der Waals surface area contributed by atoms with Crippen LogP contribution in [0.15, 0.2) is 29.4 Å². The number of fused-ring (bicyclic) bond motifs is 3. The van der Waals surface area contributed by atoms with E-state index in [0.717, 1.165) is 34.4 Å². The zero-order valence-corrected chi connectivity index (χ0v) is 10.3. The fourth-order valence-corrected chi connectivity index (χ4v) is 2.68. The normalized spacial score (nSPS) is 18.6. The second-order valence-corrected chi connectivity index (χ2v) is 5.22. The molecular formula is C12H10N4OS. The van der Waals surface area contributed by atoms with E-state index in [2.05, 4.69) is 20.2 Å². The molecule has 3 aromatic rings. The summed E-state index contributed by atoms with van der Waals surface area (Å²) in [6.45, 7) is 0.856. The molecule has 2 aromatic heterocycles. The molecule has 4 rings (SSSR count). The molecule has 1 aliphatic rings. The molecule has 1 aliphatic heterocycles. The first-order valence-corrected chi connectivity index (χ1v) is 6.74. The van der Waals surface area contributed by atoms with Crippen LogP contribution >= 0.6 is 11.8 Å². The highest BCUT2D eigenvalue weighted by molar-refractivity contribution is 7.99. The van der Waals surface area contributed by atoms with Crippen molar-refractivity contribution in [3.63, 3.8) is 0 Å². The molecule has 1 atom stereocenters. The molecule has 0 radical (unpaired) electrons. The van der Waals surface area contributed by atoms with Crippen LogP contribution in [0.4, 0.5) is 0 Å². The Morgan fingerprint density at radius 2 is 2.22 bits per heavy atom. The number of thioether (sulfide) groups is 1. The van der Waals surface area contributed by atoms with Gasteiger partial charge in [0.2, 0.25) is 5.16 Å². The summed E-state index contributed by atoms with van der Waals surface area (Å²) in [5.41, 5.74) is 2.67. The molecule has 6 heteroatoms. The fourth-order valence-electron chi connectivity index (χ4n) is 1.90. The van der Waals surface area contributed by atoms with Crippen LogP contribution in [-0.4, -0.2) is 38.6 Å². The van der Waals surface area contributed by atoms with Crippen LogP contribution in [0, 0.1) is 0 Å².